The van der Waals surface area contributed by atoms with Crippen molar-refractivity contribution in [3.05, 3.63) is 81.9 Å². The highest BCUT2D eigenvalue weighted by molar-refractivity contribution is 5.93. The first-order valence-electron chi connectivity index (χ1n) is 7.23. The van der Waals surface area contributed by atoms with Gasteiger partial charge in [0.1, 0.15) is 11.4 Å². The number of hydrogen-bond acceptors (Lipinski definition) is 3. The quantitative estimate of drug-likeness (QED) is 0.804. The molecule has 1 heterocycles. The van der Waals surface area contributed by atoms with Crippen molar-refractivity contribution in [2.24, 2.45) is 5.73 Å². The first kappa shape index (κ1) is 15.6. The van der Waals surface area contributed by atoms with E-state index in [1.807, 2.05) is 31.2 Å². The van der Waals surface area contributed by atoms with Gasteiger partial charge in [-0.1, -0.05) is 35.9 Å². The Labute approximate surface area is 137 Å². The summed E-state index contributed by atoms with van der Waals surface area (Å²) in [6.07, 6.45) is 0. The first-order chi connectivity index (χ1) is 11.5. The van der Waals surface area contributed by atoms with Crippen LogP contribution in [0.5, 0.6) is 0 Å². The number of aryl methyl sites for hydroxylation is 1. The maximum Gasteiger partial charge on any atom is 0.284 e. The van der Waals surface area contributed by atoms with E-state index >= 15 is 0 Å². The number of hydrogen-bond donors (Lipinski definition) is 1. The van der Waals surface area contributed by atoms with Crippen LogP contribution in [0.3, 0.4) is 0 Å². The summed E-state index contributed by atoms with van der Waals surface area (Å²) in [6, 6.07) is 14.2. The molecule has 0 aliphatic rings. The molecule has 0 unspecified atom stereocenters. The molecule has 0 aliphatic heterocycles. The van der Waals surface area contributed by atoms with Gasteiger partial charge in [-0.25, -0.2) is 4.39 Å². The van der Waals surface area contributed by atoms with Gasteiger partial charge in [-0.3, -0.25) is 9.59 Å². The van der Waals surface area contributed by atoms with Crippen LogP contribution in [0.1, 0.15) is 15.9 Å². The lowest BCUT2D eigenvalue weighted by Gasteiger charge is -2.10. The van der Waals surface area contributed by atoms with Gasteiger partial charge in [-0.2, -0.15) is 9.78 Å². The fraction of sp³-hybridized carbons (Fsp3) is 0.0556. The minimum absolute atomic E-state index is 0.204. The lowest BCUT2D eigenvalue weighted by molar-refractivity contribution is 0.0998. The normalized spacial score (nSPS) is 10.6. The maximum atomic E-state index is 13.5. The summed E-state index contributed by atoms with van der Waals surface area (Å²) in [5.41, 5.74) is 6.81. The molecule has 5 nitrogen and oxygen atoms in total. The molecule has 120 valence electrons. The summed E-state index contributed by atoms with van der Waals surface area (Å²) in [5.74, 6) is -1.37. The summed E-state index contributed by atoms with van der Waals surface area (Å²) in [5, 5.41) is 4.26. The van der Waals surface area contributed by atoms with E-state index in [4.69, 9.17) is 5.73 Å². The molecule has 0 aliphatic carbocycles. The van der Waals surface area contributed by atoms with E-state index in [1.165, 1.54) is 24.3 Å². The van der Waals surface area contributed by atoms with Gasteiger partial charge in [0, 0.05) is 5.56 Å². The minimum atomic E-state index is -0.860. The van der Waals surface area contributed by atoms with Crippen LogP contribution in [0.2, 0.25) is 0 Å². The highest BCUT2D eigenvalue weighted by atomic mass is 19.1. The Bertz CT molecular complexity index is 978. The average molecular weight is 323 g/mol. The standard InChI is InChI=1S/C18H14FN3O2/c1-11-5-7-12(8-6-11)16-10-15(17(20)23)18(24)22(21-16)14-4-2-3-13(19)9-14/h2-10H,1H3,(H2,20,23). The molecular weight excluding hydrogens is 309 g/mol. The SMILES string of the molecule is Cc1ccc(-c2cc(C(N)=O)c(=O)n(-c3cccc(F)c3)n2)cc1. The summed E-state index contributed by atoms with van der Waals surface area (Å²) in [7, 11) is 0. The van der Waals surface area contributed by atoms with Gasteiger partial charge >= 0.3 is 0 Å². The maximum absolute atomic E-state index is 13.5. The summed E-state index contributed by atoms with van der Waals surface area (Å²) in [6.45, 7) is 1.94. The molecule has 6 heteroatoms. The zero-order valence-electron chi connectivity index (χ0n) is 12.9. The lowest BCUT2D eigenvalue weighted by Crippen LogP contribution is -2.30. The average Bonchev–Trinajstić information content (AvgIpc) is 2.55. The van der Waals surface area contributed by atoms with Crippen LogP contribution in [0.25, 0.3) is 16.9 Å². The fourth-order valence-electron chi connectivity index (χ4n) is 2.32. The highest BCUT2D eigenvalue weighted by Gasteiger charge is 2.15. The molecule has 2 N–H and O–H groups in total. The predicted molar refractivity (Wildman–Crippen MR) is 88.5 cm³/mol. The van der Waals surface area contributed by atoms with Crippen LogP contribution >= 0.6 is 0 Å². The van der Waals surface area contributed by atoms with Crippen LogP contribution in [0.15, 0.2) is 59.4 Å². The molecule has 0 saturated carbocycles. The molecule has 0 bridgehead atoms. The van der Waals surface area contributed by atoms with E-state index in [0.29, 0.717) is 11.3 Å². The third kappa shape index (κ3) is 2.94. The summed E-state index contributed by atoms with van der Waals surface area (Å²) >= 11 is 0. The van der Waals surface area contributed by atoms with Crippen molar-refractivity contribution in [3.63, 3.8) is 0 Å². The van der Waals surface area contributed by atoms with Gasteiger partial charge in [0.15, 0.2) is 0 Å². The molecule has 3 rings (SSSR count). The number of amides is 1. The third-order valence-electron chi connectivity index (χ3n) is 3.58. The van der Waals surface area contributed by atoms with Gasteiger partial charge in [0.25, 0.3) is 11.5 Å². The number of aromatic nitrogens is 2. The van der Waals surface area contributed by atoms with Crippen molar-refractivity contribution in [2.75, 3.05) is 0 Å². The first-order valence-corrected chi connectivity index (χ1v) is 7.23. The monoisotopic (exact) mass is 323 g/mol. The Kier molecular flexibility index (Phi) is 3.95. The molecule has 24 heavy (non-hydrogen) atoms. The fourth-order valence-corrected chi connectivity index (χ4v) is 2.32. The zero-order valence-corrected chi connectivity index (χ0v) is 12.9. The second kappa shape index (κ2) is 6.08. The Morgan fingerprint density at radius 2 is 1.83 bits per heavy atom. The Morgan fingerprint density at radius 1 is 1.12 bits per heavy atom. The van der Waals surface area contributed by atoms with Crippen molar-refractivity contribution in [1.82, 2.24) is 9.78 Å². The number of halogens is 1. The number of nitrogens with two attached hydrogens (primary N) is 1. The lowest BCUT2D eigenvalue weighted by atomic mass is 10.1. The predicted octanol–water partition coefficient (Wildman–Crippen LogP) is 2.45. The highest BCUT2D eigenvalue weighted by Crippen LogP contribution is 2.18. The second-order valence-corrected chi connectivity index (χ2v) is 5.37. The second-order valence-electron chi connectivity index (χ2n) is 5.37. The number of benzene rings is 2. The number of primary amides is 1. The van der Waals surface area contributed by atoms with Crippen LogP contribution in [0, 0.1) is 12.7 Å². The summed E-state index contributed by atoms with van der Waals surface area (Å²) in [4.78, 5) is 24.1. The molecule has 0 fully saturated rings. The van der Waals surface area contributed by atoms with Crippen molar-refractivity contribution in [1.29, 1.82) is 0 Å². The number of carbonyl (C=O) groups excluding carboxylic acids is 1. The molecule has 0 spiro atoms. The largest absolute Gasteiger partial charge is 0.365 e. The smallest absolute Gasteiger partial charge is 0.284 e. The Hall–Kier alpha value is -3.28. The van der Waals surface area contributed by atoms with Crippen molar-refractivity contribution in [2.45, 2.75) is 6.92 Å². The Morgan fingerprint density at radius 3 is 2.46 bits per heavy atom. The van der Waals surface area contributed by atoms with E-state index in [9.17, 15) is 14.0 Å². The van der Waals surface area contributed by atoms with E-state index < -0.39 is 17.3 Å². The van der Waals surface area contributed by atoms with Gasteiger partial charge in [-0.15, -0.1) is 0 Å². The number of carbonyl (C=O) groups is 1. The molecule has 0 saturated heterocycles. The molecule has 3 aromatic rings. The number of rotatable bonds is 3. The van der Waals surface area contributed by atoms with E-state index in [-0.39, 0.29) is 11.3 Å². The van der Waals surface area contributed by atoms with Crippen LogP contribution in [-0.2, 0) is 0 Å². The van der Waals surface area contributed by atoms with E-state index in [0.717, 1.165) is 16.3 Å². The molecule has 1 aromatic heterocycles. The van der Waals surface area contributed by atoms with Gasteiger partial charge < -0.3 is 5.73 Å². The van der Waals surface area contributed by atoms with Crippen molar-refractivity contribution in [3.8, 4) is 16.9 Å². The van der Waals surface area contributed by atoms with Gasteiger partial charge in [-0.05, 0) is 31.2 Å². The molecular formula is C18H14FN3O2. The zero-order chi connectivity index (χ0) is 17.3. The molecule has 0 atom stereocenters. The minimum Gasteiger partial charge on any atom is -0.365 e. The molecule has 1 amide bonds. The third-order valence-corrected chi connectivity index (χ3v) is 3.58. The summed E-state index contributed by atoms with van der Waals surface area (Å²) < 4.78 is 14.5. The topological polar surface area (TPSA) is 78.0 Å². The van der Waals surface area contributed by atoms with Crippen LogP contribution < -0.4 is 11.3 Å². The Balaban J connectivity index is 2.27. The van der Waals surface area contributed by atoms with Gasteiger partial charge in [0.2, 0.25) is 0 Å². The van der Waals surface area contributed by atoms with Gasteiger partial charge in [0.05, 0.1) is 11.4 Å². The van der Waals surface area contributed by atoms with E-state index in [2.05, 4.69) is 5.10 Å². The van der Waals surface area contributed by atoms with E-state index in [1.54, 1.807) is 0 Å². The van der Waals surface area contributed by atoms with Crippen molar-refractivity contribution < 1.29 is 9.18 Å². The molecule has 2 aromatic carbocycles. The molecule has 0 radical (unpaired) electrons. The van der Waals surface area contributed by atoms with Crippen LogP contribution in [0.4, 0.5) is 4.39 Å². The van der Waals surface area contributed by atoms with Crippen LogP contribution in [-0.4, -0.2) is 15.7 Å². The number of nitrogens with zero attached hydrogens (tertiary/aromatic N) is 2. The van der Waals surface area contributed by atoms with Crippen molar-refractivity contribution >= 4 is 5.91 Å².